The standard InChI is InChI=1S/C20H24ClN5O3/c1-11(18(28)26-8-6-20(4-5-20)7-9-26)22-19-25-24-17(29-19)12-2-3-14(21)13-10-15(27)23-16(12)13/h2-3,11,17,24H,4-10H2,1H3,(H,22,25)(H,23,27). The van der Waals surface area contributed by atoms with Crippen LogP contribution in [0.25, 0.3) is 0 Å². The van der Waals surface area contributed by atoms with Crippen LogP contribution in [0.1, 0.15) is 50.0 Å². The van der Waals surface area contributed by atoms with Gasteiger partial charge in [0.1, 0.15) is 6.04 Å². The van der Waals surface area contributed by atoms with E-state index in [1.54, 1.807) is 13.0 Å². The fourth-order valence-corrected chi connectivity index (χ4v) is 4.62. The van der Waals surface area contributed by atoms with E-state index in [-0.39, 0.29) is 24.3 Å². The Morgan fingerprint density at radius 2 is 2.07 bits per heavy atom. The van der Waals surface area contributed by atoms with Crippen molar-refractivity contribution in [2.45, 2.75) is 51.3 Å². The number of carbonyl (C=O) groups excluding carboxylic acids is 2. The van der Waals surface area contributed by atoms with Gasteiger partial charge in [0.2, 0.25) is 11.8 Å². The number of amides is 2. The predicted molar refractivity (Wildman–Crippen MR) is 108 cm³/mol. The van der Waals surface area contributed by atoms with Gasteiger partial charge in [0.15, 0.2) is 6.23 Å². The van der Waals surface area contributed by atoms with Gasteiger partial charge in [-0.1, -0.05) is 17.7 Å². The molecular formula is C20H24ClN5O3. The van der Waals surface area contributed by atoms with Crippen molar-refractivity contribution in [2.24, 2.45) is 10.4 Å². The number of hydrogen-bond acceptors (Lipinski definition) is 5. The molecule has 2 atom stereocenters. The molecule has 1 saturated carbocycles. The van der Waals surface area contributed by atoms with Crippen LogP contribution in [0, 0.1) is 5.41 Å². The number of halogens is 1. The highest BCUT2D eigenvalue weighted by Crippen LogP contribution is 2.53. The zero-order valence-corrected chi connectivity index (χ0v) is 17.0. The van der Waals surface area contributed by atoms with E-state index in [9.17, 15) is 9.59 Å². The van der Waals surface area contributed by atoms with Crippen molar-refractivity contribution in [3.63, 3.8) is 0 Å². The summed E-state index contributed by atoms with van der Waals surface area (Å²) in [6.07, 6.45) is 4.55. The summed E-state index contributed by atoms with van der Waals surface area (Å²) in [5, 5.41) is 3.39. The lowest BCUT2D eigenvalue weighted by Crippen LogP contribution is -2.43. The Kier molecular flexibility index (Phi) is 4.43. The van der Waals surface area contributed by atoms with Crippen molar-refractivity contribution in [3.05, 3.63) is 28.3 Å². The molecule has 0 aromatic heterocycles. The molecule has 1 aromatic carbocycles. The minimum atomic E-state index is -0.537. The molecule has 2 amide bonds. The molecule has 3 heterocycles. The number of rotatable bonds is 3. The molecule has 2 unspecified atom stereocenters. The van der Waals surface area contributed by atoms with E-state index in [1.807, 2.05) is 11.0 Å². The average Bonchev–Trinajstić information content (AvgIpc) is 3.11. The third kappa shape index (κ3) is 3.44. The first-order chi connectivity index (χ1) is 13.9. The van der Waals surface area contributed by atoms with Gasteiger partial charge >= 0.3 is 6.02 Å². The molecule has 4 aliphatic rings. The van der Waals surface area contributed by atoms with Crippen LogP contribution in [0.15, 0.2) is 17.1 Å². The number of anilines is 1. The molecule has 154 valence electrons. The number of amidine groups is 1. The number of piperidine rings is 1. The van der Waals surface area contributed by atoms with Gasteiger partial charge in [-0.3, -0.25) is 15.0 Å². The highest BCUT2D eigenvalue weighted by atomic mass is 35.5. The summed E-state index contributed by atoms with van der Waals surface area (Å²) >= 11 is 6.21. The van der Waals surface area contributed by atoms with Crippen LogP contribution in [0.5, 0.6) is 0 Å². The Morgan fingerprint density at radius 1 is 1.31 bits per heavy atom. The van der Waals surface area contributed by atoms with Crippen LogP contribution < -0.4 is 16.2 Å². The number of hydrazine groups is 1. The molecule has 3 aliphatic heterocycles. The Balaban J connectivity index is 1.25. The summed E-state index contributed by atoms with van der Waals surface area (Å²) in [5.41, 5.74) is 8.65. The molecule has 1 aliphatic carbocycles. The quantitative estimate of drug-likeness (QED) is 0.700. The number of nitrogens with zero attached hydrogens (tertiary/aromatic N) is 2. The molecule has 0 bridgehead atoms. The second-order valence-corrected chi connectivity index (χ2v) is 8.83. The van der Waals surface area contributed by atoms with E-state index in [0.717, 1.165) is 37.1 Å². The first kappa shape index (κ1) is 18.7. The van der Waals surface area contributed by atoms with Crippen molar-refractivity contribution in [1.29, 1.82) is 0 Å². The minimum absolute atomic E-state index is 0.0292. The van der Waals surface area contributed by atoms with Gasteiger partial charge in [-0.15, -0.1) is 0 Å². The summed E-state index contributed by atoms with van der Waals surface area (Å²) in [5.74, 6) is -0.0653. The average molecular weight is 418 g/mol. The minimum Gasteiger partial charge on any atom is -0.439 e. The normalized spacial score (nSPS) is 26.7. The van der Waals surface area contributed by atoms with Crippen LogP contribution in [0.4, 0.5) is 5.69 Å². The van der Waals surface area contributed by atoms with Gasteiger partial charge < -0.3 is 15.0 Å². The maximum Gasteiger partial charge on any atom is 0.302 e. The number of nitrogens with one attached hydrogen (secondary N) is 3. The van der Waals surface area contributed by atoms with E-state index in [4.69, 9.17) is 16.3 Å². The zero-order valence-electron chi connectivity index (χ0n) is 16.3. The molecule has 5 rings (SSSR count). The Labute approximate surface area is 174 Å². The maximum atomic E-state index is 12.7. The highest BCUT2D eigenvalue weighted by molar-refractivity contribution is 6.32. The fraction of sp³-hybridized carbons (Fsp3) is 0.550. The smallest absolute Gasteiger partial charge is 0.302 e. The van der Waals surface area contributed by atoms with E-state index < -0.39 is 12.3 Å². The molecular weight excluding hydrogens is 394 g/mol. The number of ether oxygens (including phenoxy) is 1. The Morgan fingerprint density at radius 3 is 2.79 bits per heavy atom. The van der Waals surface area contributed by atoms with Gasteiger partial charge in [-0.05, 0) is 44.1 Å². The molecule has 9 heteroatoms. The number of fused-ring (bicyclic) bond motifs is 1. The van der Waals surface area contributed by atoms with Crippen molar-refractivity contribution < 1.29 is 14.3 Å². The number of carbonyl (C=O) groups is 2. The molecule has 8 nitrogen and oxygen atoms in total. The SMILES string of the molecule is CC(N=C1NNC(c2ccc(Cl)c3c2NC(=O)C3)O1)C(=O)N1CCC2(CC1)CC2. The Bertz CT molecular complexity index is 904. The monoisotopic (exact) mass is 417 g/mol. The zero-order chi connectivity index (χ0) is 20.2. The molecule has 3 N–H and O–H groups in total. The van der Waals surface area contributed by atoms with Crippen LogP contribution in [0.2, 0.25) is 5.02 Å². The van der Waals surface area contributed by atoms with Crippen LogP contribution >= 0.6 is 11.6 Å². The maximum absolute atomic E-state index is 12.7. The second-order valence-electron chi connectivity index (χ2n) is 8.42. The summed E-state index contributed by atoms with van der Waals surface area (Å²) in [7, 11) is 0. The van der Waals surface area contributed by atoms with Crippen LogP contribution in [-0.4, -0.2) is 41.9 Å². The summed E-state index contributed by atoms with van der Waals surface area (Å²) in [6, 6.07) is 3.30. The van der Waals surface area contributed by atoms with E-state index in [1.165, 1.54) is 12.8 Å². The number of aliphatic imine (C=N–C) groups is 1. The molecule has 0 radical (unpaired) electrons. The molecule has 2 saturated heterocycles. The predicted octanol–water partition coefficient (Wildman–Crippen LogP) is 2.10. The molecule has 3 fully saturated rings. The first-order valence-corrected chi connectivity index (χ1v) is 10.5. The lowest BCUT2D eigenvalue weighted by Gasteiger charge is -2.33. The molecule has 1 spiro atoms. The summed E-state index contributed by atoms with van der Waals surface area (Å²) in [4.78, 5) is 30.9. The van der Waals surface area contributed by atoms with Gasteiger partial charge in [-0.25, -0.2) is 4.99 Å². The largest absolute Gasteiger partial charge is 0.439 e. The molecule has 29 heavy (non-hydrogen) atoms. The van der Waals surface area contributed by atoms with E-state index in [2.05, 4.69) is 21.2 Å². The summed E-state index contributed by atoms with van der Waals surface area (Å²) in [6.45, 7) is 3.43. The first-order valence-electron chi connectivity index (χ1n) is 10.1. The topological polar surface area (TPSA) is 95.1 Å². The van der Waals surface area contributed by atoms with Gasteiger partial charge in [0.05, 0.1) is 12.1 Å². The molecule has 1 aromatic rings. The van der Waals surface area contributed by atoms with Gasteiger partial charge in [0.25, 0.3) is 0 Å². The highest BCUT2D eigenvalue weighted by Gasteiger charge is 2.45. The fourth-order valence-electron chi connectivity index (χ4n) is 4.40. The summed E-state index contributed by atoms with van der Waals surface area (Å²) < 4.78 is 5.86. The van der Waals surface area contributed by atoms with E-state index >= 15 is 0 Å². The van der Waals surface area contributed by atoms with Gasteiger partial charge in [0, 0.05) is 29.2 Å². The third-order valence-electron chi connectivity index (χ3n) is 6.47. The van der Waals surface area contributed by atoms with Crippen LogP contribution in [-0.2, 0) is 20.7 Å². The van der Waals surface area contributed by atoms with Crippen LogP contribution in [0.3, 0.4) is 0 Å². The van der Waals surface area contributed by atoms with E-state index in [0.29, 0.717) is 16.1 Å². The lowest BCUT2D eigenvalue weighted by molar-refractivity contribution is -0.133. The van der Waals surface area contributed by atoms with Crippen molar-refractivity contribution >= 4 is 35.1 Å². The van der Waals surface area contributed by atoms with Crippen molar-refractivity contribution in [3.8, 4) is 0 Å². The van der Waals surface area contributed by atoms with Crippen molar-refractivity contribution in [2.75, 3.05) is 18.4 Å². The lowest BCUT2D eigenvalue weighted by atomic mass is 9.93. The van der Waals surface area contributed by atoms with Crippen molar-refractivity contribution in [1.82, 2.24) is 15.8 Å². The number of hydrogen-bond donors (Lipinski definition) is 3. The Hall–Kier alpha value is -2.32. The number of benzene rings is 1. The van der Waals surface area contributed by atoms with Gasteiger partial charge in [-0.2, -0.15) is 5.43 Å². The third-order valence-corrected chi connectivity index (χ3v) is 6.83. The number of likely N-dealkylation sites (tertiary alicyclic amines) is 1. The second kappa shape index (κ2) is 6.88.